The number of carbonyl (C=O) groups is 2. The first-order chi connectivity index (χ1) is 7.51. The van der Waals surface area contributed by atoms with Gasteiger partial charge in [0.25, 0.3) is 0 Å². The summed E-state index contributed by atoms with van der Waals surface area (Å²) in [5.41, 5.74) is 0. The van der Waals surface area contributed by atoms with Gasteiger partial charge < -0.3 is 14.6 Å². The lowest BCUT2D eigenvalue weighted by Crippen LogP contribution is -2.46. The van der Waals surface area contributed by atoms with E-state index in [0.29, 0.717) is 0 Å². The van der Waals surface area contributed by atoms with Crippen LogP contribution in [0.15, 0.2) is 0 Å². The Hall–Kier alpha value is -1.14. The van der Waals surface area contributed by atoms with E-state index in [1.165, 1.54) is 14.2 Å². The molecule has 6 nitrogen and oxygen atoms in total. The fourth-order valence-electron chi connectivity index (χ4n) is 1.94. The minimum Gasteiger partial charge on any atom is -0.468 e. The van der Waals surface area contributed by atoms with E-state index in [-0.39, 0.29) is 13.0 Å². The first-order valence-electron chi connectivity index (χ1n) is 5.10. The SMILES string of the molecule is COC(=O)C(C)N1CC(O)CC1C(=O)OC. The van der Waals surface area contributed by atoms with Crippen LogP contribution in [0, 0.1) is 0 Å². The van der Waals surface area contributed by atoms with E-state index in [4.69, 9.17) is 0 Å². The van der Waals surface area contributed by atoms with Crippen molar-refractivity contribution in [2.24, 2.45) is 0 Å². The number of methoxy groups -OCH3 is 2. The number of ether oxygens (including phenoxy) is 2. The number of likely N-dealkylation sites (tertiary alicyclic amines) is 1. The number of hydrogen-bond acceptors (Lipinski definition) is 6. The third kappa shape index (κ3) is 2.51. The zero-order valence-corrected chi connectivity index (χ0v) is 9.67. The molecular weight excluding hydrogens is 214 g/mol. The van der Waals surface area contributed by atoms with E-state index >= 15 is 0 Å². The minimum absolute atomic E-state index is 0.274. The topological polar surface area (TPSA) is 76.1 Å². The van der Waals surface area contributed by atoms with E-state index in [0.717, 1.165) is 0 Å². The zero-order chi connectivity index (χ0) is 12.3. The van der Waals surface area contributed by atoms with Crippen molar-refractivity contribution in [3.8, 4) is 0 Å². The Morgan fingerprint density at radius 1 is 1.38 bits per heavy atom. The van der Waals surface area contributed by atoms with Crippen LogP contribution in [0.2, 0.25) is 0 Å². The lowest BCUT2D eigenvalue weighted by Gasteiger charge is -2.26. The predicted octanol–water partition coefficient (Wildman–Crippen LogP) is -0.844. The highest BCUT2D eigenvalue weighted by Crippen LogP contribution is 2.22. The smallest absolute Gasteiger partial charge is 0.323 e. The highest BCUT2D eigenvalue weighted by atomic mass is 16.5. The van der Waals surface area contributed by atoms with Gasteiger partial charge in [0.1, 0.15) is 12.1 Å². The molecule has 0 saturated carbocycles. The zero-order valence-electron chi connectivity index (χ0n) is 9.67. The molecule has 1 fully saturated rings. The number of β-amino-alcohol motifs (C(OH)–C–C–N with tert-alkyl or cyclic N) is 1. The quantitative estimate of drug-likeness (QED) is 0.638. The first-order valence-corrected chi connectivity index (χ1v) is 5.10. The molecular formula is C10H17NO5. The molecule has 0 aromatic heterocycles. The predicted molar refractivity (Wildman–Crippen MR) is 54.6 cm³/mol. The summed E-state index contributed by atoms with van der Waals surface area (Å²) in [6.07, 6.45) is -0.329. The Labute approximate surface area is 94.1 Å². The fraction of sp³-hybridized carbons (Fsp3) is 0.800. The van der Waals surface area contributed by atoms with Crippen LogP contribution in [0.25, 0.3) is 0 Å². The van der Waals surface area contributed by atoms with Crippen LogP contribution >= 0.6 is 0 Å². The second-order valence-corrected chi connectivity index (χ2v) is 3.82. The molecule has 0 spiro atoms. The van der Waals surface area contributed by atoms with Gasteiger partial charge in [-0.05, 0) is 6.92 Å². The lowest BCUT2D eigenvalue weighted by atomic mass is 10.2. The molecule has 16 heavy (non-hydrogen) atoms. The molecule has 1 aliphatic rings. The van der Waals surface area contributed by atoms with Crippen LogP contribution in [-0.4, -0.2) is 60.9 Å². The molecule has 0 radical (unpaired) electrons. The van der Waals surface area contributed by atoms with Crippen molar-refractivity contribution in [1.82, 2.24) is 4.90 Å². The van der Waals surface area contributed by atoms with E-state index in [1.54, 1.807) is 11.8 Å². The molecule has 0 amide bonds. The van der Waals surface area contributed by atoms with Crippen LogP contribution in [0.1, 0.15) is 13.3 Å². The molecule has 6 heteroatoms. The van der Waals surface area contributed by atoms with Gasteiger partial charge in [-0.15, -0.1) is 0 Å². The molecule has 0 bridgehead atoms. The van der Waals surface area contributed by atoms with Gasteiger partial charge in [0.15, 0.2) is 0 Å². The molecule has 0 aliphatic carbocycles. The van der Waals surface area contributed by atoms with Crippen LogP contribution in [0.4, 0.5) is 0 Å². The van der Waals surface area contributed by atoms with Gasteiger partial charge in [0.05, 0.1) is 20.3 Å². The van der Waals surface area contributed by atoms with Gasteiger partial charge in [-0.3, -0.25) is 14.5 Å². The van der Waals surface area contributed by atoms with Crippen LogP contribution < -0.4 is 0 Å². The summed E-state index contributed by atoms with van der Waals surface area (Å²) in [4.78, 5) is 24.4. The molecule has 1 heterocycles. The second-order valence-electron chi connectivity index (χ2n) is 3.82. The van der Waals surface area contributed by atoms with Crippen molar-refractivity contribution in [1.29, 1.82) is 0 Å². The lowest BCUT2D eigenvalue weighted by molar-refractivity contribution is -0.152. The molecule has 1 rings (SSSR count). The van der Waals surface area contributed by atoms with E-state index in [1.807, 2.05) is 0 Å². The summed E-state index contributed by atoms with van der Waals surface area (Å²) < 4.78 is 9.24. The maximum Gasteiger partial charge on any atom is 0.323 e. The van der Waals surface area contributed by atoms with Crippen LogP contribution in [0.3, 0.4) is 0 Å². The fourth-order valence-corrected chi connectivity index (χ4v) is 1.94. The van der Waals surface area contributed by atoms with Crippen molar-refractivity contribution in [2.75, 3.05) is 20.8 Å². The number of nitrogens with zero attached hydrogens (tertiary/aromatic N) is 1. The monoisotopic (exact) mass is 231 g/mol. The molecule has 3 unspecified atom stereocenters. The van der Waals surface area contributed by atoms with Crippen LogP contribution in [-0.2, 0) is 19.1 Å². The number of hydrogen-bond donors (Lipinski definition) is 1. The van der Waals surface area contributed by atoms with Gasteiger partial charge in [-0.25, -0.2) is 0 Å². The third-order valence-electron chi connectivity index (χ3n) is 2.83. The Morgan fingerprint density at radius 3 is 2.50 bits per heavy atom. The van der Waals surface area contributed by atoms with E-state index in [9.17, 15) is 14.7 Å². The van der Waals surface area contributed by atoms with Gasteiger partial charge >= 0.3 is 11.9 Å². The Bertz CT molecular complexity index is 280. The summed E-state index contributed by atoms with van der Waals surface area (Å²) >= 11 is 0. The highest BCUT2D eigenvalue weighted by molar-refractivity contribution is 5.79. The third-order valence-corrected chi connectivity index (χ3v) is 2.83. The average Bonchev–Trinajstić information content (AvgIpc) is 2.68. The highest BCUT2D eigenvalue weighted by Gasteiger charge is 2.41. The largest absolute Gasteiger partial charge is 0.468 e. The van der Waals surface area contributed by atoms with Gasteiger partial charge in [0, 0.05) is 13.0 Å². The van der Waals surface area contributed by atoms with E-state index in [2.05, 4.69) is 9.47 Å². The number of aliphatic hydroxyl groups is 1. The Kier molecular flexibility index (Phi) is 4.26. The Morgan fingerprint density at radius 2 is 2.00 bits per heavy atom. The van der Waals surface area contributed by atoms with Crippen molar-refractivity contribution in [2.45, 2.75) is 31.5 Å². The second kappa shape index (κ2) is 5.27. The summed E-state index contributed by atoms with van der Waals surface area (Å²) in [5.74, 6) is -0.865. The number of carbonyl (C=O) groups excluding carboxylic acids is 2. The van der Waals surface area contributed by atoms with Crippen molar-refractivity contribution in [3.05, 3.63) is 0 Å². The number of esters is 2. The summed E-state index contributed by atoms with van der Waals surface area (Å²) in [6, 6.07) is -1.14. The molecule has 3 atom stereocenters. The maximum atomic E-state index is 11.5. The van der Waals surface area contributed by atoms with Gasteiger partial charge in [-0.2, -0.15) is 0 Å². The number of rotatable bonds is 3. The molecule has 1 N–H and O–H groups in total. The molecule has 1 aliphatic heterocycles. The average molecular weight is 231 g/mol. The van der Waals surface area contributed by atoms with Crippen molar-refractivity contribution >= 4 is 11.9 Å². The summed E-state index contributed by atoms with van der Waals surface area (Å²) in [6.45, 7) is 1.91. The molecule has 0 aromatic rings. The molecule has 0 aromatic carbocycles. The van der Waals surface area contributed by atoms with Crippen LogP contribution in [0.5, 0.6) is 0 Å². The van der Waals surface area contributed by atoms with Crippen molar-refractivity contribution < 1.29 is 24.2 Å². The maximum absolute atomic E-state index is 11.5. The van der Waals surface area contributed by atoms with Gasteiger partial charge in [0.2, 0.25) is 0 Å². The summed E-state index contributed by atoms with van der Waals surface area (Å²) in [7, 11) is 2.58. The van der Waals surface area contributed by atoms with E-state index < -0.39 is 30.1 Å². The Balaban J connectivity index is 2.76. The molecule has 92 valence electrons. The molecule has 1 saturated heterocycles. The number of aliphatic hydroxyl groups excluding tert-OH is 1. The van der Waals surface area contributed by atoms with Crippen molar-refractivity contribution in [3.63, 3.8) is 0 Å². The normalized spacial score (nSPS) is 27.5. The standard InChI is InChI=1S/C10H17NO5/c1-6(9(13)15-2)11-5-7(12)4-8(11)10(14)16-3/h6-8,12H,4-5H2,1-3H3. The summed E-state index contributed by atoms with van der Waals surface area (Å²) in [5, 5.41) is 9.52. The first kappa shape index (κ1) is 12.9. The van der Waals surface area contributed by atoms with Gasteiger partial charge in [-0.1, -0.05) is 0 Å². The minimum atomic E-state index is -0.615.